The molecule has 0 saturated heterocycles. The Bertz CT molecular complexity index is 901. The van der Waals surface area contributed by atoms with E-state index in [1.54, 1.807) is 6.26 Å². The number of benzene rings is 1. The van der Waals surface area contributed by atoms with E-state index < -0.39 is 0 Å². The predicted molar refractivity (Wildman–Crippen MR) is 111 cm³/mol. The Hall–Kier alpha value is -2.31. The maximum Gasteiger partial charge on any atom is 0.337 e. The van der Waals surface area contributed by atoms with Crippen molar-refractivity contribution in [2.75, 3.05) is 20.3 Å². The first-order valence-electron chi connectivity index (χ1n) is 10.4. The fourth-order valence-electron chi connectivity index (χ4n) is 4.37. The number of ether oxygens (including phenoxy) is 3. The van der Waals surface area contributed by atoms with Gasteiger partial charge in [0, 0.05) is 35.0 Å². The molecule has 0 fully saturated rings. The Morgan fingerprint density at radius 2 is 2.14 bits per heavy atom. The van der Waals surface area contributed by atoms with E-state index in [0.717, 1.165) is 19.4 Å². The molecule has 2 N–H and O–H groups in total. The molecule has 0 saturated carbocycles. The molecule has 2 aromatic rings. The number of nitrogens with one attached hydrogen (secondary N) is 2. The van der Waals surface area contributed by atoms with Gasteiger partial charge in [-0.3, -0.25) is 0 Å². The van der Waals surface area contributed by atoms with Crippen LogP contribution in [0, 0.1) is 11.8 Å². The maximum atomic E-state index is 12.3. The van der Waals surface area contributed by atoms with Crippen molar-refractivity contribution >= 4 is 16.9 Å². The maximum absolute atomic E-state index is 12.3. The SMILES string of the molecule is COC(=O)C1=COC(OCC(C)C)C[C@@H]1C[C@@H]1NCCc2c1[nH]c1ccccc21. The first-order valence-corrected chi connectivity index (χ1v) is 10.4. The molecule has 0 spiro atoms. The Morgan fingerprint density at radius 1 is 1.31 bits per heavy atom. The van der Waals surface area contributed by atoms with Crippen LogP contribution in [0.5, 0.6) is 0 Å². The summed E-state index contributed by atoms with van der Waals surface area (Å²) in [5.41, 5.74) is 4.36. The van der Waals surface area contributed by atoms with Crippen LogP contribution in [0.4, 0.5) is 0 Å². The standard InChI is InChI=1S/C23H30N2O4/c1-14(2)12-28-21-11-15(18(13-29-21)23(26)27-3)10-20-22-17(8-9-24-20)16-6-4-5-7-19(16)25-22/h4-7,13-15,20-21,24-25H,8-12H2,1-3H3/t15-,20-,21?/m0/s1. The van der Waals surface area contributed by atoms with Crippen molar-refractivity contribution in [1.82, 2.24) is 10.3 Å². The lowest BCUT2D eigenvalue weighted by Crippen LogP contribution is -2.35. The lowest BCUT2D eigenvalue weighted by Gasteiger charge is -2.33. The average Bonchev–Trinajstić information content (AvgIpc) is 3.12. The van der Waals surface area contributed by atoms with E-state index >= 15 is 0 Å². The molecule has 1 aromatic carbocycles. The number of aromatic nitrogens is 1. The van der Waals surface area contributed by atoms with Gasteiger partial charge in [0.25, 0.3) is 0 Å². The monoisotopic (exact) mass is 398 g/mol. The zero-order chi connectivity index (χ0) is 20.4. The van der Waals surface area contributed by atoms with E-state index in [4.69, 9.17) is 14.2 Å². The summed E-state index contributed by atoms with van der Waals surface area (Å²) in [4.78, 5) is 15.9. The highest BCUT2D eigenvalue weighted by Gasteiger charge is 2.35. The smallest absolute Gasteiger partial charge is 0.337 e. The number of H-pyrrole nitrogens is 1. The lowest BCUT2D eigenvalue weighted by molar-refractivity contribution is -0.146. The van der Waals surface area contributed by atoms with E-state index in [1.165, 1.54) is 29.3 Å². The number of para-hydroxylation sites is 1. The molecule has 0 bridgehead atoms. The van der Waals surface area contributed by atoms with Gasteiger partial charge < -0.3 is 24.5 Å². The summed E-state index contributed by atoms with van der Waals surface area (Å²) in [5, 5.41) is 4.93. The second-order valence-corrected chi connectivity index (χ2v) is 8.35. The molecule has 1 aromatic heterocycles. The van der Waals surface area contributed by atoms with Gasteiger partial charge in [0.05, 0.1) is 25.6 Å². The van der Waals surface area contributed by atoms with E-state index in [1.807, 2.05) is 0 Å². The van der Waals surface area contributed by atoms with Crippen molar-refractivity contribution in [1.29, 1.82) is 0 Å². The zero-order valence-corrected chi connectivity index (χ0v) is 17.4. The summed E-state index contributed by atoms with van der Waals surface area (Å²) >= 11 is 0. The molecule has 2 aliphatic rings. The third-order valence-corrected chi connectivity index (χ3v) is 5.78. The number of hydrogen-bond acceptors (Lipinski definition) is 5. The molecule has 0 radical (unpaired) electrons. The van der Waals surface area contributed by atoms with Crippen LogP contribution in [0.2, 0.25) is 0 Å². The van der Waals surface area contributed by atoms with Crippen molar-refractivity contribution in [3.8, 4) is 0 Å². The summed E-state index contributed by atoms with van der Waals surface area (Å²) in [5.74, 6) is 0.102. The van der Waals surface area contributed by atoms with Gasteiger partial charge in [-0.15, -0.1) is 0 Å². The van der Waals surface area contributed by atoms with Crippen molar-refractivity contribution in [2.45, 2.75) is 45.4 Å². The minimum absolute atomic E-state index is 0.00299. The summed E-state index contributed by atoms with van der Waals surface area (Å²) < 4.78 is 16.6. The summed E-state index contributed by atoms with van der Waals surface area (Å²) in [6, 6.07) is 8.58. The van der Waals surface area contributed by atoms with Gasteiger partial charge >= 0.3 is 5.97 Å². The number of carbonyl (C=O) groups excluding carboxylic acids is 1. The van der Waals surface area contributed by atoms with E-state index in [9.17, 15) is 4.79 Å². The highest BCUT2D eigenvalue weighted by Crippen LogP contribution is 2.38. The molecule has 0 aliphatic carbocycles. The second kappa shape index (κ2) is 8.59. The third-order valence-electron chi connectivity index (χ3n) is 5.78. The first kappa shape index (κ1) is 20.0. The molecule has 6 heteroatoms. The molecule has 4 rings (SSSR count). The van der Waals surface area contributed by atoms with Crippen molar-refractivity contribution in [3.63, 3.8) is 0 Å². The second-order valence-electron chi connectivity index (χ2n) is 8.35. The predicted octanol–water partition coefficient (Wildman–Crippen LogP) is 3.84. The van der Waals surface area contributed by atoms with Gasteiger partial charge in [-0.2, -0.15) is 0 Å². The third kappa shape index (κ3) is 4.19. The van der Waals surface area contributed by atoms with E-state index in [2.05, 4.69) is 48.4 Å². The molecule has 1 unspecified atom stereocenters. The first-order chi connectivity index (χ1) is 14.1. The van der Waals surface area contributed by atoms with Crippen LogP contribution in [0.25, 0.3) is 10.9 Å². The molecule has 156 valence electrons. The van der Waals surface area contributed by atoms with Crippen LogP contribution < -0.4 is 5.32 Å². The van der Waals surface area contributed by atoms with Gasteiger partial charge in [-0.25, -0.2) is 4.79 Å². The van der Waals surface area contributed by atoms with Crippen molar-refractivity contribution in [3.05, 3.63) is 47.4 Å². The van der Waals surface area contributed by atoms with Gasteiger partial charge in [0.15, 0.2) is 6.29 Å². The lowest BCUT2D eigenvalue weighted by atomic mass is 9.85. The van der Waals surface area contributed by atoms with Crippen molar-refractivity contribution < 1.29 is 19.0 Å². The summed E-state index contributed by atoms with van der Waals surface area (Å²) in [6.45, 7) is 5.78. The molecular formula is C23H30N2O4. The molecule has 3 heterocycles. The molecule has 0 amide bonds. The highest BCUT2D eigenvalue weighted by atomic mass is 16.7. The number of fused-ring (bicyclic) bond motifs is 3. The van der Waals surface area contributed by atoms with E-state index in [0.29, 0.717) is 24.5 Å². The molecule has 6 nitrogen and oxygen atoms in total. The minimum atomic E-state index is -0.332. The largest absolute Gasteiger partial charge is 0.472 e. The molecule has 3 atom stereocenters. The van der Waals surface area contributed by atoms with Gasteiger partial charge in [-0.1, -0.05) is 32.0 Å². The number of hydrogen-bond donors (Lipinski definition) is 2. The quantitative estimate of drug-likeness (QED) is 0.724. The van der Waals surface area contributed by atoms with E-state index in [-0.39, 0.29) is 24.2 Å². The number of rotatable bonds is 6. The number of esters is 1. The van der Waals surface area contributed by atoms with Crippen LogP contribution in [-0.4, -0.2) is 37.5 Å². The Balaban J connectivity index is 1.57. The molecular weight excluding hydrogens is 368 g/mol. The fraction of sp³-hybridized carbons (Fsp3) is 0.522. The molecule has 2 aliphatic heterocycles. The fourth-order valence-corrected chi connectivity index (χ4v) is 4.37. The van der Waals surface area contributed by atoms with Crippen LogP contribution in [0.3, 0.4) is 0 Å². The number of methoxy groups -OCH3 is 1. The Kier molecular flexibility index (Phi) is 5.92. The number of aromatic amines is 1. The van der Waals surface area contributed by atoms with Gasteiger partial charge in [0.1, 0.15) is 0 Å². The van der Waals surface area contributed by atoms with Crippen LogP contribution in [-0.2, 0) is 25.4 Å². The highest BCUT2D eigenvalue weighted by molar-refractivity contribution is 5.89. The summed E-state index contributed by atoms with van der Waals surface area (Å²) in [7, 11) is 1.41. The van der Waals surface area contributed by atoms with Crippen LogP contribution in [0.15, 0.2) is 36.1 Å². The topological polar surface area (TPSA) is 72.6 Å². The summed E-state index contributed by atoms with van der Waals surface area (Å²) in [6.07, 6.45) is 3.64. The normalized spacial score (nSPS) is 24.1. The minimum Gasteiger partial charge on any atom is -0.472 e. The number of carbonyl (C=O) groups is 1. The Labute approximate surface area is 171 Å². The zero-order valence-electron chi connectivity index (χ0n) is 17.4. The van der Waals surface area contributed by atoms with Crippen molar-refractivity contribution in [2.24, 2.45) is 11.8 Å². The Morgan fingerprint density at radius 3 is 2.93 bits per heavy atom. The van der Waals surface area contributed by atoms with Crippen LogP contribution in [0.1, 0.15) is 44.0 Å². The van der Waals surface area contributed by atoms with Gasteiger partial charge in [0.2, 0.25) is 0 Å². The van der Waals surface area contributed by atoms with Crippen LogP contribution >= 0.6 is 0 Å². The van der Waals surface area contributed by atoms with Gasteiger partial charge in [-0.05, 0) is 36.9 Å². The molecule has 29 heavy (non-hydrogen) atoms. The average molecular weight is 399 g/mol.